The van der Waals surface area contributed by atoms with Gasteiger partial charge in [0.25, 0.3) is 0 Å². The van der Waals surface area contributed by atoms with Gasteiger partial charge in [0.15, 0.2) is 0 Å². The van der Waals surface area contributed by atoms with Gasteiger partial charge in [-0.15, -0.1) is 0 Å². The van der Waals surface area contributed by atoms with Crippen LogP contribution >= 0.6 is 0 Å². The average molecular weight is 294 g/mol. The van der Waals surface area contributed by atoms with Gasteiger partial charge in [-0.3, -0.25) is 0 Å². The van der Waals surface area contributed by atoms with Crippen LogP contribution in [-0.4, -0.2) is 5.11 Å². The van der Waals surface area contributed by atoms with Gasteiger partial charge in [-0.25, -0.2) is 0 Å². The molecule has 0 radical (unpaired) electrons. The zero-order valence-corrected chi connectivity index (χ0v) is 11.9. The molecule has 2 aromatic carbocycles. The Labute approximate surface area is 122 Å². The van der Waals surface area contributed by atoms with Crippen LogP contribution in [0, 0.1) is 13.8 Å². The maximum atomic E-state index is 13.0. The third kappa shape index (κ3) is 3.85. The van der Waals surface area contributed by atoms with Crippen LogP contribution in [0.15, 0.2) is 42.5 Å². The lowest BCUT2D eigenvalue weighted by Crippen LogP contribution is -2.13. The Kier molecular flexibility index (Phi) is 4.37. The maximum absolute atomic E-state index is 13.0. The summed E-state index contributed by atoms with van der Waals surface area (Å²) in [5, 5.41) is 10.2. The molecule has 1 N–H and O–H groups in total. The summed E-state index contributed by atoms with van der Waals surface area (Å²) in [5.74, 6) is 0. The molecule has 0 spiro atoms. The van der Waals surface area contributed by atoms with Crippen LogP contribution in [0.4, 0.5) is 13.2 Å². The number of aliphatic hydroxyl groups excluding tert-OH is 1. The molecule has 0 saturated heterocycles. The highest BCUT2D eigenvalue weighted by Gasteiger charge is 2.34. The van der Waals surface area contributed by atoms with Gasteiger partial charge in [0.1, 0.15) is 0 Å². The fourth-order valence-corrected chi connectivity index (χ4v) is 2.57. The number of rotatable bonds is 3. The first-order valence-corrected chi connectivity index (χ1v) is 6.69. The largest absolute Gasteiger partial charge is 0.416 e. The highest BCUT2D eigenvalue weighted by atomic mass is 19.4. The molecule has 1 atom stereocenters. The minimum atomic E-state index is -4.46. The van der Waals surface area contributed by atoms with Crippen molar-refractivity contribution < 1.29 is 18.3 Å². The molecule has 0 aliphatic heterocycles. The lowest BCUT2D eigenvalue weighted by molar-refractivity contribution is -0.139. The van der Waals surface area contributed by atoms with Gasteiger partial charge in [-0.05, 0) is 31.0 Å². The summed E-state index contributed by atoms with van der Waals surface area (Å²) in [7, 11) is 0. The predicted molar refractivity (Wildman–Crippen MR) is 76.0 cm³/mol. The first kappa shape index (κ1) is 15.6. The van der Waals surface area contributed by atoms with Gasteiger partial charge in [0.05, 0.1) is 11.7 Å². The first-order valence-electron chi connectivity index (χ1n) is 6.69. The summed E-state index contributed by atoms with van der Waals surface area (Å²) in [5.41, 5.74) is 2.03. The van der Waals surface area contributed by atoms with E-state index >= 15 is 0 Å². The summed E-state index contributed by atoms with van der Waals surface area (Å²) >= 11 is 0. The number of hydrogen-bond donors (Lipinski definition) is 1. The molecule has 0 amide bonds. The van der Waals surface area contributed by atoms with E-state index < -0.39 is 17.8 Å². The van der Waals surface area contributed by atoms with Crippen LogP contribution in [0.1, 0.15) is 33.9 Å². The standard InChI is InChI=1S/C17H17F3O/c1-11-7-12(2)9-13(8-11)10-16(21)14-5-3-4-6-15(14)17(18,19)20/h3-9,16,21H,10H2,1-2H3. The summed E-state index contributed by atoms with van der Waals surface area (Å²) in [6.07, 6.45) is -5.47. The molecule has 0 bridgehead atoms. The molecule has 1 nitrogen and oxygen atoms in total. The van der Waals surface area contributed by atoms with Crippen LogP contribution in [0.5, 0.6) is 0 Å². The van der Waals surface area contributed by atoms with Crippen molar-refractivity contribution in [2.24, 2.45) is 0 Å². The second-order valence-electron chi connectivity index (χ2n) is 5.30. The van der Waals surface area contributed by atoms with Crippen molar-refractivity contribution >= 4 is 0 Å². The smallest absolute Gasteiger partial charge is 0.388 e. The summed E-state index contributed by atoms with van der Waals surface area (Å²) in [4.78, 5) is 0. The Hall–Kier alpha value is -1.81. The molecule has 0 aliphatic carbocycles. The molecule has 0 saturated carbocycles. The quantitative estimate of drug-likeness (QED) is 0.877. The number of hydrogen-bond acceptors (Lipinski definition) is 1. The van der Waals surface area contributed by atoms with Gasteiger partial charge in [-0.2, -0.15) is 13.2 Å². The number of aliphatic hydroxyl groups is 1. The van der Waals surface area contributed by atoms with Crippen LogP contribution in [0.25, 0.3) is 0 Å². The third-order valence-electron chi connectivity index (χ3n) is 3.34. The van der Waals surface area contributed by atoms with E-state index in [9.17, 15) is 18.3 Å². The summed E-state index contributed by atoms with van der Waals surface area (Å²) < 4.78 is 38.9. The maximum Gasteiger partial charge on any atom is 0.416 e. The molecular weight excluding hydrogens is 277 g/mol. The van der Waals surface area contributed by atoms with Crippen molar-refractivity contribution in [1.29, 1.82) is 0 Å². The van der Waals surface area contributed by atoms with E-state index in [0.29, 0.717) is 0 Å². The molecule has 0 fully saturated rings. The molecule has 0 aromatic heterocycles. The zero-order chi connectivity index (χ0) is 15.6. The Morgan fingerprint density at radius 2 is 1.57 bits per heavy atom. The molecule has 2 aromatic rings. The molecule has 2 rings (SSSR count). The van der Waals surface area contributed by atoms with E-state index in [2.05, 4.69) is 0 Å². The van der Waals surface area contributed by atoms with Gasteiger partial charge in [0.2, 0.25) is 0 Å². The topological polar surface area (TPSA) is 20.2 Å². The molecule has 112 valence electrons. The Balaban J connectivity index is 2.31. The summed E-state index contributed by atoms with van der Waals surface area (Å²) in [6.45, 7) is 3.85. The predicted octanol–water partition coefficient (Wildman–Crippen LogP) is 4.60. The van der Waals surface area contributed by atoms with Gasteiger partial charge >= 0.3 is 6.18 Å². The lowest BCUT2D eigenvalue weighted by Gasteiger charge is -2.18. The number of alkyl halides is 3. The van der Waals surface area contributed by atoms with Crippen molar-refractivity contribution in [3.8, 4) is 0 Å². The van der Waals surface area contributed by atoms with E-state index in [4.69, 9.17) is 0 Å². The van der Waals surface area contributed by atoms with Crippen molar-refractivity contribution in [2.45, 2.75) is 32.5 Å². The second-order valence-corrected chi connectivity index (χ2v) is 5.30. The number of halogens is 3. The molecular formula is C17H17F3O. The molecule has 0 aliphatic rings. The zero-order valence-electron chi connectivity index (χ0n) is 11.9. The second kappa shape index (κ2) is 5.90. The van der Waals surface area contributed by atoms with Gasteiger partial charge < -0.3 is 5.11 Å². The normalized spacial score (nSPS) is 13.2. The van der Waals surface area contributed by atoms with E-state index in [1.807, 2.05) is 32.0 Å². The Bertz CT molecular complexity index is 612. The minimum Gasteiger partial charge on any atom is -0.388 e. The fourth-order valence-electron chi connectivity index (χ4n) is 2.57. The lowest BCUT2D eigenvalue weighted by atomic mass is 9.95. The Morgan fingerprint density at radius 1 is 1.00 bits per heavy atom. The number of benzene rings is 2. The summed E-state index contributed by atoms with van der Waals surface area (Å²) in [6, 6.07) is 10.9. The van der Waals surface area contributed by atoms with Gasteiger partial charge in [0, 0.05) is 6.42 Å². The van der Waals surface area contributed by atoms with Crippen molar-refractivity contribution in [3.63, 3.8) is 0 Å². The highest BCUT2D eigenvalue weighted by molar-refractivity contribution is 5.34. The van der Waals surface area contributed by atoms with Crippen molar-refractivity contribution in [2.75, 3.05) is 0 Å². The molecule has 21 heavy (non-hydrogen) atoms. The van der Waals surface area contributed by atoms with E-state index in [1.165, 1.54) is 18.2 Å². The fraction of sp³-hybridized carbons (Fsp3) is 0.294. The van der Waals surface area contributed by atoms with Crippen LogP contribution in [0.3, 0.4) is 0 Å². The van der Waals surface area contributed by atoms with E-state index in [1.54, 1.807) is 0 Å². The van der Waals surface area contributed by atoms with Crippen molar-refractivity contribution in [1.82, 2.24) is 0 Å². The van der Waals surface area contributed by atoms with E-state index in [-0.39, 0.29) is 12.0 Å². The number of aryl methyl sites for hydroxylation is 2. The minimum absolute atomic E-state index is 0.0795. The van der Waals surface area contributed by atoms with Crippen LogP contribution in [0.2, 0.25) is 0 Å². The first-order chi connectivity index (χ1) is 9.77. The Morgan fingerprint density at radius 3 is 2.14 bits per heavy atom. The van der Waals surface area contributed by atoms with Crippen LogP contribution in [-0.2, 0) is 12.6 Å². The monoisotopic (exact) mass is 294 g/mol. The molecule has 1 unspecified atom stereocenters. The average Bonchev–Trinajstić information content (AvgIpc) is 2.36. The van der Waals surface area contributed by atoms with Crippen LogP contribution < -0.4 is 0 Å². The molecule has 0 heterocycles. The third-order valence-corrected chi connectivity index (χ3v) is 3.34. The molecule has 4 heteroatoms. The van der Waals surface area contributed by atoms with Gasteiger partial charge in [-0.1, -0.05) is 47.5 Å². The highest BCUT2D eigenvalue weighted by Crippen LogP contribution is 2.35. The van der Waals surface area contributed by atoms with E-state index in [0.717, 1.165) is 22.8 Å². The van der Waals surface area contributed by atoms with Crippen molar-refractivity contribution in [3.05, 3.63) is 70.3 Å². The SMILES string of the molecule is Cc1cc(C)cc(CC(O)c2ccccc2C(F)(F)F)c1.